The summed E-state index contributed by atoms with van der Waals surface area (Å²) >= 11 is 0. The number of rotatable bonds is 4. The zero-order valence-corrected chi connectivity index (χ0v) is 10.6. The van der Waals surface area contributed by atoms with Crippen LogP contribution >= 0.6 is 0 Å². The number of ether oxygens (including phenoxy) is 1. The summed E-state index contributed by atoms with van der Waals surface area (Å²) in [6.07, 6.45) is 3.51. The molecule has 0 atom stereocenters. The van der Waals surface area contributed by atoms with Crippen molar-refractivity contribution in [3.8, 4) is 0 Å². The van der Waals surface area contributed by atoms with E-state index in [0.29, 0.717) is 18.8 Å². The molecule has 2 rings (SSSR count). The molecule has 0 unspecified atom stereocenters. The molecule has 1 fully saturated rings. The minimum absolute atomic E-state index is 0.501. The third-order valence-corrected chi connectivity index (χ3v) is 2.92. The number of benzene rings is 1. The fraction of sp³-hybridized carbons (Fsp3) is 0.333. The van der Waals surface area contributed by atoms with E-state index in [1.54, 1.807) is 6.08 Å². The standard InChI is InChI=1S/C12H13N3O5/c16-14(17)11-2-1-10(9-12(11)15(18)19)3-4-13-5-7-20-8-6-13/h1-4,9H,5-8H2. The molecule has 0 radical (unpaired) electrons. The van der Waals surface area contributed by atoms with Gasteiger partial charge in [-0.2, -0.15) is 0 Å². The molecule has 8 heteroatoms. The second kappa shape index (κ2) is 6.11. The normalized spacial score (nSPS) is 15.5. The van der Waals surface area contributed by atoms with Gasteiger partial charge in [0.05, 0.1) is 23.1 Å². The average Bonchev–Trinajstić information content (AvgIpc) is 2.45. The van der Waals surface area contributed by atoms with Gasteiger partial charge >= 0.3 is 11.4 Å². The molecule has 1 saturated heterocycles. The summed E-state index contributed by atoms with van der Waals surface area (Å²) in [7, 11) is 0. The van der Waals surface area contributed by atoms with Crippen LogP contribution in [0.15, 0.2) is 24.4 Å². The van der Waals surface area contributed by atoms with Crippen molar-refractivity contribution in [2.45, 2.75) is 0 Å². The molecule has 0 N–H and O–H groups in total. The molecule has 1 aliphatic rings. The lowest BCUT2D eigenvalue weighted by atomic mass is 10.1. The highest BCUT2D eigenvalue weighted by molar-refractivity contribution is 5.61. The van der Waals surface area contributed by atoms with Gasteiger partial charge in [0, 0.05) is 25.2 Å². The molecule has 0 aliphatic carbocycles. The molecular weight excluding hydrogens is 266 g/mol. The second-order valence-corrected chi connectivity index (χ2v) is 4.23. The van der Waals surface area contributed by atoms with Crippen molar-refractivity contribution in [3.63, 3.8) is 0 Å². The first-order chi connectivity index (χ1) is 9.58. The van der Waals surface area contributed by atoms with Gasteiger partial charge in [0.2, 0.25) is 0 Å². The van der Waals surface area contributed by atoms with Gasteiger partial charge in [0.25, 0.3) is 0 Å². The van der Waals surface area contributed by atoms with Gasteiger partial charge in [-0.25, -0.2) is 0 Å². The summed E-state index contributed by atoms with van der Waals surface area (Å²) in [5.74, 6) is 0. The largest absolute Gasteiger partial charge is 0.378 e. The van der Waals surface area contributed by atoms with Crippen LogP contribution in [0.5, 0.6) is 0 Å². The number of nitrogens with zero attached hydrogens (tertiary/aromatic N) is 3. The zero-order chi connectivity index (χ0) is 14.5. The Bertz CT molecular complexity index is 552. The van der Waals surface area contributed by atoms with Gasteiger partial charge in [-0.05, 0) is 23.9 Å². The minimum atomic E-state index is -0.756. The Morgan fingerprint density at radius 2 is 1.75 bits per heavy atom. The Labute approximate surface area is 114 Å². The molecule has 1 aromatic rings. The highest BCUT2D eigenvalue weighted by Gasteiger charge is 2.23. The third kappa shape index (κ3) is 3.29. The van der Waals surface area contributed by atoms with Gasteiger partial charge in [-0.15, -0.1) is 0 Å². The summed E-state index contributed by atoms with van der Waals surface area (Å²) in [6.45, 7) is 2.80. The van der Waals surface area contributed by atoms with Gasteiger partial charge in [-0.3, -0.25) is 20.2 Å². The lowest BCUT2D eigenvalue weighted by Gasteiger charge is -2.24. The lowest BCUT2D eigenvalue weighted by Crippen LogP contribution is -2.31. The first-order valence-corrected chi connectivity index (χ1v) is 6.01. The highest BCUT2D eigenvalue weighted by Crippen LogP contribution is 2.27. The Hall–Kier alpha value is -2.48. The average molecular weight is 279 g/mol. The van der Waals surface area contributed by atoms with E-state index in [-0.39, 0.29) is 0 Å². The fourth-order valence-corrected chi connectivity index (χ4v) is 1.86. The maximum Gasteiger partial charge on any atom is 0.346 e. The number of hydrogen-bond acceptors (Lipinski definition) is 6. The van der Waals surface area contributed by atoms with Crippen LogP contribution in [0.4, 0.5) is 11.4 Å². The smallest absolute Gasteiger partial charge is 0.346 e. The summed E-state index contributed by atoms with van der Waals surface area (Å²) in [5.41, 5.74) is -0.452. The van der Waals surface area contributed by atoms with Crippen molar-refractivity contribution < 1.29 is 14.6 Å². The topological polar surface area (TPSA) is 98.8 Å². The van der Waals surface area contributed by atoms with E-state index >= 15 is 0 Å². The predicted molar refractivity (Wildman–Crippen MR) is 71.2 cm³/mol. The number of nitro groups is 2. The van der Waals surface area contributed by atoms with Crippen LogP contribution in [-0.2, 0) is 4.74 Å². The van der Waals surface area contributed by atoms with Crippen LogP contribution in [0, 0.1) is 20.2 Å². The summed E-state index contributed by atoms with van der Waals surface area (Å²) in [4.78, 5) is 22.1. The highest BCUT2D eigenvalue weighted by atomic mass is 16.6. The quantitative estimate of drug-likeness (QED) is 0.615. The molecule has 0 saturated carbocycles. The van der Waals surface area contributed by atoms with Gasteiger partial charge in [-0.1, -0.05) is 0 Å². The predicted octanol–water partition coefficient (Wildman–Crippen LogP) is 1.81. The molecule has 1 aliphatic heterocycles. The molecule has 106 valence electrons. The summed E-state index contributed by atoms with van der Waals surface area (Å²) < 4.78 is 5.20. The minimum Gasteiger partial charge on any atom is -0.378 e. The molecule has 20 heavy (non-hydrogen) atoms. The van der Waals surface area contributed by atoms with E-state index in [1.165, 1.54) is 12.1 Å². The molecule has 0 amide bonds. The molecule has 1 heterocycles. The van der Waals surface area contributed by atoms with Crippen molar-refractivity contribution in [3.05, 3.63) is 50.2 Å². The van der Waals surface area contributed by atoms with Crippen molar-refractivity contribution in [1.29, 1.82) is 0 Å². The maximum absolute atomic E-state index is 10.8. The number of nitro benzene ring substituents is 2. The Balaban J connectivity index is 2.20. The summed E-state index contributed by atoms with van der Waals surface area (Å²) in [5, 5.41) is 21.5. The van der Waals surface area contributed by atoms with Crippen molar-refractivity contribution in [2.24, 2.45) is 0 Å². The molecule has 1 aromatic carbocycles. The van der Waals surface area contributed by atoms with Crippen molar-refractivity contribution >= 4 is 17.5 Å². The van der Waals surface area contributed by atoms with E-state index in [9.17, 15) is 20.2 Å². The Kier molecular flexibility index (Phi) is 4.26. The first-order valence-electron chi connectivity index (χ1n) is 6.01. The SMILES string of the molecule is O=[N+]([O-])c1ccc(C=CN2CCOCC2)cc1[N+](=O)[O-]. The first kappa shape index (κ1) is 13.9. The van der Waals surface area contributed by atoms with Crippen LogP contribution < -0.4 is 0 Å². The van der Waals surface area contributed by atoms with E-state index in [2.05, 4.69) is 0 Å². The van der Waals surface area contributed by atoms with Crippen LogP contribution in [0.3, 0.4) is 0 Å². The van der Waals surface area contributed by atoms with Crippen LogP contribution in [0.25, 0.3) is 6.08 Å². The van der Waals surface area contributed by atoms with E-state index in [0.717, 1.165) is 19.2 Å². The molecule has 0 spiro atoms. The second-order valence-electron chi connectivity index (χ2n) is 4.23. The van der Waals surface area contributed by atoms with Crippen molar-refractivity contribution in [2.75, 3.05) is 26.3 Å². The van der Waals surface area contributed by atoms with E-state index in [1.807, 2.05) is 11.1 Å². The zero-order valence-electron chi connectivity index (χ0n) is 10.6. The van der Waals surface area contributed by atoms with Crippen LogP contribution in [-0.4, -0.2) is 41.0 Å². The Morgan fingerprint density at radius 3 is 2.35 bits per heavy atom. The molecular formula is C12H13N3O5. The third-order valence-electron chi connectivity index (χ3n) is 2.92. The van der Waals surface area contributed by atoms with Gasteiger partial charge < -0.3 is 9.64 Å². The maximum atomic E-state index is 10.8. The molecule has 0 bridgehead atoms. The summed E-state index contributed by atoms with van der Waals surface area (Å²) in [6, 6.07) is 3.84. The molecule has 0 aromatic heterocycles. The monoisotopic (exact) mass is 279 g/mol. The lowest BCUT2D eigenvalue weighted by molar-refractivity contribution is -0.422. The van der Waals surface area contributed by atoms with E-state index in [4.69, 9.17) is 4.74 Å². The van der Waals surface area contributed by atoms with Crippen LogP contribution in [0.1, 0.15) is 5.56 Å². The molecule has 8 nitrogen and oxygen atoms in total. The van der Waals surface area contributed by atoms with Crippen molar-refractivity contribution in [1.82, 2.24) is 4.90 Å². The van der Waals surface area contributed by atoms with Gasteiger partial charge in [0.15, 0.2) is 0 Å². The fourth-order valence-electron chi connectivity index (χ4n) is 1.86. The number of hydrogen-bond donors (Lipinski definition) is 0. The van der Waals surface area contributed by atoms with Gasteiger partial charge in [0.1, 0.15) is 0 Å². The Morgan fingerprint density at radius 1 is 1.10 bits per heavy atom. The van der Waals surface area contributed by atoms with E-state index < -0.39 is 21.2 Å². The van der Waals surface area contributed by atoms with Crippen LogP contribution in [0.2, 0.25) is 0 Å². The number of morpholine rings is 1.